The predicted molar refractivity (Wildman–Crippen MR) is 92.6 cm³/mol. The van der Waals surface area contributed by atoms with Crippen LogP contribution in [0.5, 0.6) is 0 Å². The Morgan fingerprint density at radius 1 is 0.926 bits per heavy atom. The highest BCUT2D eigenvalue weighted by Crippen LogP contribution is 2.34. The van der Waals surface area contributed by atoms with Gasteiger partial charge >= 0.3 is 0 Å². The van der Waals surface area contributed by atoms with E-state index in [0.717, 1.165) is 0 Å². The quantitative estimate of drug-likeness (QED) is 0.289. The van der Waals surface area contributed by atoms with E-state index in [1.165, 1.54) is 7.11 Å². The molecule has 0 spiro atoms. The summed E-state index contributed by atoms with van der Waals surface area (Å²) in [7, 11) is 1.39. The molecule has 2 heterocycles. The van der Waals surface area contributed by atoms with Gasteiger partial charge < -0.3 is 50.2 Å². The van der Waals surface area contributed by atoms with Gasteiger partial charge in [-0.05, 0) is 5.41 Å². The molecule has 2 rings (SSSR count). The number of ether oxygens (including phenoxy) is 4. The maximum absolute atomic E-state index is 10.4. The third-order valence-electron chi connectivity index (χ3n) is 5.16. The molecule has 0 aromatic rings. The second-order valence-electron chi connectivity index (χ2n) is 8.26. The first-order chi connectivity index (χ1) is 12.5. The summed E-state index contributed by atoms with van der Waals surface area (Å²) in [6, 6.07) is -1.04. The minimum Gasteiger partial charge on any atom is -0.394 e. The fourth-order valence-corrected chi connectivity index (χ4v) is 3.52. The third-order valence-corrected chi connectivity index (χ3v) is 5.16. The first-order valence-corrected chi connectivity index (χ1v) is 9.07. The van der Waals surface area contributed by atoms with Crippen LogP contribution in [0.1, 0.15) is 20.8 Å². The highest BCUT2D eigenvalue weighted by atomic mass is 16.7. The van der Waals surface area contributed by atoms with Crippen molar-refractivity contribution in [1.29, 1.82) is 0 Å². The first-order valence-electron chi connectivity index (χ1n) is 9.07. The van der Waals surface area contributed by atoms with E-state index in [4.69, 9.17) is 24.7 Å². The van der Waals surface area contributed by atoms with Crippen LogP contribution in [-0.4, -0.2) is 107 Å². The summed E-state index contributed by atoms with van der Waals surface area (Å²) in [5, 5.41) is 49.9. The Labute approximate surface area is 158 Å². The largest absolute Gasteiger partial charge is 0.394 e. The van der Waals surface area contributed by atoms with E-state index in [-0.39, 0.29) is 6.61 Å². The molecule has 0 bridgehead atoms. The first kappa shape index (κ1) is 22.9. The molecule has 10 heteroatoms. The molecule has 2 fully saturated rings. The van der Waals surface area contributed by atoms with Crippen LogP contribution >= 0.6 is 0 Å². The lowest BCUT2D eigenvalue weighted by atomic mass is 9.80. The van der Waals surface area contributed by atoms with Gasteiger partial charge in [-0.2, -0.15) is 0 Å². The minimum absolute atomic E-state index is 0.103. The van der Waals surface area contributed by atoms with Gasteiger partial charge in [-0.3, -0.25) is 0 Å². The van der Waals surface area contributed by atoms with Crippen LogP contribution in [0, 0.1) is 5.41 Å². The molecule has 0 aliphatic carbocycles. The number of rotatable bonds is 5. The van der Waals surface area contributed by atoms with Gasteiger partial charge in [0.1, 0.15) is 42.7 Å². The van der Waals surface area contributed by atoms with E-state index in [0.29, 0.717) is 0 Å². The summed E-state index contributed by atoms with van der Waals surface area (Å²) in [6.07, 6.45) is -9.34. The van der Waals surface area contributed by atoms with Crippen LogP contribution in [0.2, 0.25) is 0 Å². The number of hydrogen-bond donors (Lipinski definition) is 6. The second-order valence-corrected chi connectivity index (χ2v) is 8.26. The Morgan fingerprint density at radius 3 is 2.07 bits per heavy atom. The molecule has 2 aliphatic heterocycles. The van der Waals surface area contributed by atoms with E-state index < -0.39 is 73.2 Å². The summed E-state index contributed by atoms with van der Waals surface area (Å²) in [5.74, 6) is 0. The highest BCUT2D eigenvalue weighted by Gasteiger charge is 2.49. The zero-order valence-electron chi connectivity index (χ0n) is 16.1. The van der Waals surface area contributed by atoms with Gasteiger partial charge in [-0.15, -0.1) is 0 Å². The summed E-state index contributed by atoms with van der Waals surface area (Å²) >= 11 is 0. The van der Waals surface area contributed by atoms with Gasteiger partial charge in [0.25, 0.3) is 0 Å². The standard InChI is InChI=1S/C17H33NO9/c1-17(2,3)15-13(23)12(22)14(24-4)8(26-15)6-25-16-9(18)11(21)10(20)7(5-19)27-16/h7-16,19-23H,5-6,18H2,1-4H3/t7?,8?,9?,10-,11+,12+,13?,14-,15+,16+/m0/s1. The average molecular weight is 395 g/mol. The molecular weight excluding hydrogens is 362 g/mol. The van der Waals surface area contributed by atoms with Gasteiger partial charge in [0.15, 0.2) is 6.29 Å². The van der Waals surface area contributed by atoms with Crippen molar-refractivity contribution < 1.29 is 44.5 Å². The van der Waals surface area contributed by atoms with Gasteiger partial charge in [0, 0.05) is 7.11 Å². The van der Waals surface area contributed by atoms with Crippen LogP contribution in [0.3, 0.4) is 0 Å². The van der Waals surface area contributed by atoms with E-state index in [1.54, 1.807) is 0 Å². The van der Waals surface area contributed by atoms with Gasteiger partial charge in [0.2, 0.25) is 0 Å². The van der Waals surface area contributed by atoms with Crippen LogP contribution in [0.4, 0.5) is 0 Å². The van der Waals surface area contributed by atoms with Crippen molar-refractivity contribution in [2.24, 2.45) is 11.1 Å². The Kier molecular flexibility index (Phi) is 7.59. The SMILES string of the molecule is CO[C@H]1C(CO[C@@H]2OC(CO)[C@H](O)[C@H](O)C2N)O[C@@H](C(C)(C)C)C(O)[C@H]1O. The zero-order valence-corrected chi connectivity index (χ0v) is 16.1. The number of nitrogens with two attached hydrogens (primary N) is 1. The van der Waals surface area contributed by atoms with Gasteiger partial charge in [-0.1, -0.05) is 20.8 Å². The minimum atomic E-state index is -1.33. The summed E-state index contributed by atoms with van der Waals surface area (Å²) in [4.78, 5) is 0. The molecule has 4 unspecified atom stereocenters. The molecule has 2 saturated heterocycles. The molecule has 160 valence electrons. The van der Waals surface area contributed by atoms with Crippen molar-refractivity contribution in [3.05, 3.63) is 0 Å². The predicted octanol–water partition coefficient (Wildman–Crippen LogP) is -2.68. The van der Waals surface area contributed by atoms with Crippen molar-refractivity contribution in [3.63, 3.8) is 0 Å². The zero-order chi connectivity index (χ0) is 20.5. The van der Waals surface area contributed by atoms with E-state index in [9.17, 15) is 25.5 Å². The molecule has 10 nitrogen and oxygen atoms in total. The lowest BCUT2D eigenvalue weighted by Gasteiger charge is -2.47. The average Bonchev–Trinajstić information content (AvgIpc) is 2.60. The maximum Gasteiger partial charge on any atom is 0.175 e. The fourth-order valence-electron chi connectivity index (χ4n) is 3.52. The van der Waals surface area contributed by atoms with Crippen LogP contribution < -0.4 is 5.73 Å². The Hall–Kier alpha value is -0.400. The lowest BCUT2D eigenvalue weighted by molar-refractivity contribution is -0.295. The summed E-state index contributed by atoms with van der Waals surface area (Å²) in [6.45, 7) is 5.02. The molecule has 0 aromatic carbocycles. The van der Waals surface area contributed by atoms with Crippen molar-refractivity contribution in [2.45, 2.75) is 81.9 Å². The maximum atomic E-state index is 10.4. The number of hydrogen-bond acceptors (Lipinski definition) is 10. The molecule has 2 aliphatic rings. The third kappa shape index (κ3) is 4.78. The van der Waals surface area contributed by atoms with E-state index in [2.05, 4.69) is 0 Å². The topological polar surface area (TPSA) is 164 Å². The second kappa shape index (κ2) is 8.95. The van der Waals surface area contributed by atoms with Crippen LogP contribution in [0.15, 0.2) is 0 Å². The molecule has 0 amide bonds. The van der Waals surface area contributed by atoms with Crippen molar-refractivity contribution in [1.82, 2.24) is 0 Å². The van der Waals surface area contributed by atoms with Crippen LogP contribution in [0.25, 0.3) is 0 Å². The highest BCUT2D eigenvalue weighted by molar-refractivity contribution is 4.97. The number of methoxy groups -OCH3 is 1. The summed E-state index contributed by atoms with van der Waals surface area (Å²) in [5.41, 5.74) is 5.41. The Bertz CT molecular complexity index is 472. The summed E-state index contributed by atoms with van der Waals surface area (Å²) < 4.78 is 22.3. The fraction of sp³-hybridized carbons (Fsp3) is 1.00. The lowest BCUT2D eigenvalue weighted by Crippen LogP contribution is -2.64. The molecule has 7 N–H and O–H groups in total. The normalized spacial score (nSPS) is 46.4. The Morgan fingerprint density at radius 2 is 1.56 bits per heavy atom. The van der Waals surface area contributed by atoms with Crippen molar-refractivity contribution in [2.75, 3.05) is 20.3 Å². The van der Waals surface area contributed by atoms with E-state index >= 15 is 0 Å². The number of aliphatic hydroxyl groups is 5. The molecule has 27 heavy (non-hydrogen) atoms. The molecule has 0 radical (unpaired) electrons. The molecule has 0 saturated carbocycles. The molecular formula is C17H33NO9. The van der Waals surface area contributed by atoms with E-state index in [1.807, 2.05) is 20.8 Å². The van der Waals surface area contributed by atoms with Gasteiger partial charge in [-0.25, -0.2) is 0 Å². The van der Waals surface area contributed by atoms with Crippen molar-refractivity contribution in [3.8, 4) is 0 Å². The monoisotopic (exact) mass is 395 g/mol. The van der Waals surface area contributed by atoms with Crippen molar-refractivity contribution >= 4 is 0 Å². The van der Waals surface area contributed by atoms with Crippen LogP contribution in [-0.2, 0) is 18.9 Å². The smallest absolute Gasteiger partial charge is 0.175 e. The van der Waals surface area contributed by atoms with Gasteiger partial charge in [0.05, 0.1) is 25.4 Å². The number of aliphatic hydroxyl groups excluding tert-OH is 5. The Balaban J connectivity index is 2.07. The molecule has 0 aromatic heterocycles. The molecule has 10 atom stereocenters.